The van der Waals surface area contributed by atoms with Crippen LogP contribution in [0.25, 0.3) is 17.0 Å². The van der Waals surface area contributed by atoms with Crippen LogP contribution < -0.4 is 5.32 Å². The van der Waals surface area contributed by atoms with Gasteiger partial charge < -0.3 is 10.3 Å². The van der Waals surface area contributed by atoms with Gasteiger partial charge in [0.25, 0.3) is 0 Å². The molecule has 0 unspecified atom stereocenters. The lowest BCUT2D eigenvalue weighted by atomic mass is 10.1. The Balaban J connectivity index is 2.10. The average Bonchev–Trinajstić information content (AvgIpc) is 2.71. The van der Waals surface area contributed by atoms with Crippen LogP contribution in [-0.4, -0.2) is 18.6 Å². The number of H-pyrrole nitrogens is 1. The molecular formula is C13H16N2. The molecule has 0 saturated heterocycles. The summed E-state index contributed by atoms with van der Waals surface area (Å²) >= 11 is 0. The number of fused-ring (bicyclic) bond motifs is 1. The standard InChI is InChI=1S/C13H16N2/c1-14-8-3-2-4-11-5-6-13-12(10-11)7-9-15-13/h2,4-7,9-10,14-15H,3,8H2,1H3. The molecule has 78 valence electrons. The van der Waals surface area contributed by atoms with Gasteiger partial charge in [-0.3, -0.25) is 0 Å². The van der Waals surface area contributed by atoms with Gasteiger partial charge in [0.15, 0.2) is 0 Å². The maximum atomic E-state index is 3.19. The van der Waals surface area contributed by atoms with E-state index in [4.69, 9.17) is 0 Å². The third-order valence-corrected chi connectivity index (χ3v) is 2.45. The van der Waals surface area contributed by atoms with Crippen molar-refractivity contribution in [2.45, 2.75) is 6.42 Å². The SMILES string of the molecule is CNCCC=Cc1ccc2[nH]ccc2c1. The number of nitrogens with one attached hydrogen (secondary N) is 2. The van der Waals surface area contributed by atoms with Crippen LogP contribution in [0.1, 0.15) is 12.0 Å². The van der Waals surface area contributed by atoms with E-state index in [1.807, 2.05) is 13.2 Å². The van der Waals surface area contributed by atoms with Gasteiger partial charge in [0, 0.05) is 11.7 Å². The minimum atomic E-state index is 1.03. The van der Waals surface area contributed by atoms with E-state index in [0.717, 1.165) is 13.0 Å². The topological polar surface area (TPSA) is 27.8 Å². The van der Waals surface area contributed by atoms with E-state index in [2.05, 4.69) is 46.7 Å². The molecule has 0 amide bonds. The first-order valence-corrected chi connectivity index (χ1v) is 5.28. The highest BCUT2D eigenvalue weighted by Crippen LogP contribution is 2.15. The van der Waals surface area contributed by atoms with E-state index >= 15 is 0 Å². The van der Waals surface area contributed by atoms with Gasteiger partial charge in [-0.2, -0.15) is 0 Å². The van der Waals surface area contributed by atoms with Crippen LogP contribution in [0, 0.1) is 0 Å². The third kappa shape index (κ3) is 2.48. The quantitative estimate of drug-likeness (QED) is 0.730. The summed E-state index contributed by atoms with van der Waals surface area (Å²) in [6.45, 7) is 1.03. The highest BCUT2D eigenvalue weighted by Gasteiger charge is 1.93. The van der Waals surface area contributed by atoms with E-state index in [9.17, 15) is 0 Å². The van der Waals surface area contributed by atoms with Crippen molar-refractivity contribution >= 4 is 17.0 Å². The van der Waals surface area contributed by atoms with Gasteiger partial charge in [-0.25, -0.2) is 0 Å². The third-order valence-electron chi connectivity index (χ3n) is 2.45. The fourth-order valence-electron chi connectivity index (χ4n) is 1.62. The van der Waals surface area contributed by atoms with Crippen molar-refractivity contribution in [1.29, 1.82) is 0 Å². The highest BCUT2D eigenvalue weighted by atomic mass is 14.8. The zero-order valence-electron chi connectivity index (χ0n) is 8.96. The van der Waals surface area contributed by atoms with Gasteiger partial charge in [-0.05, 0) is 49.2 Å². The molecule has 2 aromatic rings. The monoisotopic (exact) mass is 200 g/mol. The van der Waals surface area contributed by atoms with E-state index in [1.54, 1.807) is 0 Å². The zero-order chi connectivity index (χ0) is 10.5. The molecule has 0 spiro atoms. The molecule has 2 nitrogen and oxygen atoms in total. The number of rotatable bonds is 4. The highest BCUT2D eigenvalue weighted by molar-refractivity contribution is 5.81. The summed E-state index contributed by atoms with van der Waals surface area (Å²) < 4.78 is 0. The molecule has 1 aromatic heterocycles. The molecule has 1 heterocycles. The molecule has 0 aliphatic rings. The van der Waals surface area contributed by atoms with E-state index < -0.39 is 0 Å². The van der Waals surface area contributed by atoms with Crippen LogP contribution in [0.2, 0.25) is 0 Å². The Morgan fingerprint density at radius 3 is 3.13 bits per heavy atom. The molecular weight excluding hydrogens is 184 g/mol. The number of aromatic nitrogens is 1. The van der Waals surface area contributed by atoms with E-state index in [-0.39, 0.29) is 0 Å². The summed E-state index contributed by atoms with van der Waals surface area (Å²) in [6, 6.07) is 8.55. The van der Waals surface area contributed by atoms with Crippen LogP contribution in [0.3, 0.4) is 0 Å². The van der Waals surface area contributed by atoms with E-state index in [0.29, 0.717) is 0 Å². The van der Waals surface area contributed by atoms with Crippen molar-refractivity contribution in [3.8, 4) is 0 Å². The van der Waals surface area contributed by atoms with Crippen LogP contribution in [0.15, 0.2) is 36.5 Å². The summed E-state index contributed by atoms with van der Waals surface area (Å²) in [5.41, 5.74) is 2.46. The minimum absolute atomic E-state index is 1.03. The Morgan fingerprint density at radius 1 is 1.33 bits per heavy atom. The normalized spacial score (nSPS) is 11.5. The summed E-state index contributed by atoms with van der Waals surface area (Å²) in [5.74, 6) is 0. The van der Waals surface area contributed by atoms with Crippen LogP contribution >= 0.6 is 0 Å². The van der Waals surface area contributed by atoms with Gasteiger partial charge in [0.2, 0.25) is 0 Å². The second-order valence-corrected chi connectivity index (χ2v) is 3.62. The van der Waals surface area contributed by atoms with Crippen molar-refractivity contribution in [3.63, 3.8) is 0 Å². The number of hydrogen-bond acceptors (Lipinski definition) is 1. The Morgan fingerprint density at radius 2 is 2.27 bits per heavy atom. The lowest BCUT2D eigenvalue weighted by molar-refractivity contribution is 0.809. The molecule has 2 N–H and O–H groups in total. The summed E-state index contributed by atoms with van der Waals surface area (Å²) in [7, 11) is 1.97. The van der Waals surface area contributed by atoms with Gasteiger partial charge in [-0.1, -0.05) is 18.2 Å². The maximum absolute atomic E-state index is 3.19. The van der Waals surface area contributed by atoms with Crippen molar-refractivity contribution in [2.24, 2.45) is 0 Å². The van der Waals surface area contributed by atoms with Crippen LogP contribution in [0.4, 0.5) is 0 Å². The van der Waals surface area contributed by atoms with Crippen LogP contribution in [-0.2, 0) is 0 Å². The molecule has 0 saturated carbocycles. The van der Waals surface area contributed by atoms with Gasteiger partial charge >= 0.3 is 0 Å². The van der Waals surface area contributed by atoms with Crippen LogP contribution in [0.5, 0.6) is 0 Å². The van der Waals surface area contributed by atoms with Crippen molar-refractivity contribution in [3.05, 3.63) is 42.1 Å². The average molecular weight is 200 g/mol. The van der Waals surface area contributed by atoms with Gasteiger partial charge in [-0.15, -0.1) is 0 Å². The molecule has 0 fully saturated rings. The summed E-state index contributed by atoms with van der Waals surface area (Å²) in [4.78, 5) is 3.19. The predicted molar refractivity (Wildman–Crippen MR) is 65.9 cm³/mol. The molecule has 2 rings (SSSR count). The maximum Gasteiger partial charge on any atom is 0.0454 e. The first-order chi connectivity index (χ1) is 7.40. The first kappa shape index (κ1) is 9.99. The summed E-state index contributed by atoms with van der Waals surface area (Å²) in [6.07, 6.45) is 7.41. The number of hydrogen-bond donors (Lipinski definition) is 2. The molecule has 0 aliphatic carbocycles. The predicted octanol–water partition coefficient (Wildman–Crippen LogP) is 2.79. The van der Waals surface area contributed by atoms with Crippen molar-refractivity contribution in [2.75, 3.05) is 13.6 Å². The molecule has 0 radical (unpaired) electrons. The largest absolute Gasteiger partial charge is 0.361 e. The molecule has 0 aliphatic heterocycles. The second kappa shape index (κ2) is 4.80. The number of aromatic amines is 1. The molecule has 0 bridgehead atoms. The fourth-order valence-corrected chi connectivity index (χ4v) is 1.62. The Hall–Kier alpha value is -1.54. The van der Waals surface area contributed by atoms with Crippen molar-refractivity contribution < 1.29 is 0 Å². The lowest BCUT2D eigenvalue weighted by Gasteiger charge is -1.95. The Kier molecular flexibility index (Phi) is 3.20. The van der Waals surface area contributed by atoms with Gasteiger partial charge in [0.1, 0.15) is 0 Å². The molecule has 1 aromatic carbocycles. The lowest BCUT2D eigenvalue weighted by Crippen LogP contribution is -2.05. The number of benzene rings is 1. The summed E-state index contributed by atoms with van der Waals surface area (Å²) in [5, 5.41) is 4.39. The fraction of sp³-hybridized carbons (Fsp3) is 0.231. The molecule has 0 atom stereocenters. The van der Waals surface area contributed by atoms with Gasteiger partial charge in [0.05, 0.1) is 0 Å². The van der Waals surface area contributed by atoms with Crippen molar-refractivity contribution in [1.82, 2.24) is 10.3 Å². The molecule has 15 heavy (non-hydrogen) atoms. The Labute approximate surface area is 90.0 Å². The minimum Gasteiger partial charge on any atom is -0.361 e. The van der Waals surface area contributed by atoms with E-state index in [1.165, 1.54) is 16.5 Å². The molecule has 2 heteroatoms. The zero-order valence-corrected chi connectivity index (χ0v) is 8.96. The smallest absolute Gasteiger partial charge is 0.0454 e. The first-order valence-electron chi connectivity index (χ1n) is 5.28. The Bertz CT molecular complexity index is 454. The second-order valence-electron chi connectivity index (χ2n) is 3.62.